The molecule has 0 bridgehead atoms. The number of nitrogens with zero attached hydrogens (tertiary/aromatic N) is 1. The molecule has 2 rings (SSSR count). The molecule has 1 aromatic heterocycles. The number of hydrogen-bond donors (Lipinski definition) is 1. The van der Waals surface area contributed by atoms with E-state index in [-0.39, 0.29) is 5.69 Å². The summed E-state index contributed by atoms with van der Waals surface area (Å²) in [6, 6.07) is 10.3. The molecule has 20 heavy (non-hydrogen) atoms. The van der Waals surface area contributed by atoms with Gasteiger partial charge in [-0.3, -0.25) is 0 Å². The van der Waals surface area contributed by atoms with Crippen molar-refractivity contribution in [3.05, 3.63) is 48.3 Å². The summed E-state index contributed by atoms with van der Waals surface area (Å²) in [6.45, 7) is 2.63. The van der Waals surface area contributed by atoms with Crippen LogP contribution in [0.2, 0.25) is 0 Å². The smallest absolute Gasteiger partial charge is 0.354 e. The van der Waals surface area contributed by atoms with Gasteiger partial charge in [0.2, 0.25) is 0 Å². The molecule has 5 nitrogen and oxygen atoms in total. The number of rotatable bonds is 6. The molecule has 0 atom stereocenters. The third-order valence-electron chi connectivity index (χ3n) is 2.49. The minimum atomic E-state index is -1.07. The van der Waals surface area contributed by atoms with Crippen LogP contribution >= 0.6 is 0 Å². The van der Waals surface area contributed by atoms with Crippen LogP contribution in [-0.2, 0) is 0 Å². The summed E-state index contributed by atoms with van der Waals surface area (Å²) in [4.78, 5) is 14.5. The molecule has 0 aliphatic heterocycles. The third kappa shape index (κ3) is 3.47. The molecule has 2 aromatic rings. The first-order valence-corrected chi connectivity index (χ1v) is 6.29. The van der Waals surface area contributed by atoms with Crippen molar-refractivity contribution in [3.63, 3.8) is 0 Å². The Morgan fingerprint density at radius 3 is 2.55 bits per heavy atom. The van der Waals surface area contributed by atoms with Gasteiger partial charge in [-0.1, -0.05) is 19.1 Å². The van der Waals surface area contributed by atoms with Gasteiger partial charge in [-0.05, 0) is 30.7 Å². The van der Waals surface area contributed by atoms with Crippen LogP contribution in [-0.4, -0.2) is 22.7 Å². The second kappa shape index (κ2) is 6.56. The number of hydrogen-bond acceptors (Lipinski definition) is 4. The quantitative estimate of drug-likeness (QED) is 0.874. The van der Waals surface area contributed by atoms with Gasteiger partial charge in [-0.15, -0.1) is 0 Å². The second-order valence-corrected chi connectivity index (χ2v) is 4.08. The van der Waals surface area contributed by atoms with Gasteiger partial charge in [0.1, 0.15) is 11.4 Å². The van der Waals surface area contributed by atoms with E-state index in [0.717, 1.165) is 6.42 Å². The minimum absolute atomic E-state index is 0.0205. The lowest BCUT2D eigenvalue weighted by molar-refractivity contribution is 0.0690. The van der Waals surface area contributed by atoms with Crippen LogP contribution in [0.5, 0.6) is 17.2 Å². The van der Waals surface area contributed by atoms with Crippen molar-refractivity contribution in [1.29, 1.82) is 0 Å². The predicted molar refractivity (Wildman–Crippen MR) is 73.5 cm³/mol. The van der Waals surface area contributed by atoms with Gasteiger partial charge in [-0.25, -0.2) is 9.78 Å². The zero-order valence-corrected chi connectivity index (χ0v) is 11.1. The summed E-state index contributed by atoms with van der Waals surface area (Å²) in [7, 11) is 0. The van der Waals surface area contributed by atoms with Gasteiger partial charge in [0.15, 0.2) is 11.5 Å². The van der Waals surface area contributed by atoms with E-state index in [1.165, 1.54) is 12.3 Å². The average Bonchev–Trinajstić information content (AvgIpc) is 2.47. The Bertz CT molecular complexity index is 581. The molecular weight excluding hydrogens is 258 g/mol. The highest BCUT2D eigenvalue weighted by molar-refractivity contribution is 5.85. The third-order valence-corrected chi connectivity index (χ3v) is 2.49. The SMILES string of the molecule is CCCOc1ccccc1Oc1ccc(C(=O)O)nc1. The van der Waals surface area contributed by atoms with E-state index in [9.17, 15) is 4.79 Å². The first kappa shape index (κ1) is 13.9. The largest absolute Gasteiger partial charge is 0.490 e. The fourth-order valence-electron chi connectivity index (χ4n) is 1.56. The molecule has 0 saturated heterocycles. The van der Waals surface area contributed by atoms with Crippen molar-refractivity contribution >= 4 is 5.97 Å². The molecular formula is C15H15NO4. The van der Waals surface area contributed by atoms with E-state index in [1.807, 2.05) is 25.1 Å². The molecule has 0 aliphatic rings. The molecule has 0 amide bonds. The Morgan fingerprint density at radius 1 is 1.20 bits per heavy atom. The van der Waals surface area contributed by atoms with Crippen LogP contribution in [0.1, 0.15) is 23.8 Å². The van der Waals surface area contributed by atoms with E-state index in [0.29, 0.717) is 23.9 Å². The number of aromatic carboxylic acids is 1. The Kier molecular flexibility index (Phi) is 4.55. The number of aromatic nitrogens is 1. The Labute approximate surface area is 116 Å². The molecule has 1 aromatic carbocycles. The first-order valence-electron chi connectivity index (χ1n) is 6.29. The van der Waals surface area contributed by atoms with Crippen LogP contribution in [0.3, 0.4) is 0 Å². The van der Waals surface area contributed by atoms with E-state index >= 15 is 0 Å². The minimum Gasteiger partial charge on any atom is -0.490 e. The fraction of sp³-hybridized carbons (Fsp3) is 0.200. The summed E-state index contributed by atoms with van der Waals surface area (Å²) >= 11 is 0. The van der Waals surface area contributed by atoms with Crippen molar-refractivity contribution in [2.24, 2.45) is 0 Å². The lowest BCUT2D eigenvalue weighted by Crippen LogP contribution is -2.00. The van der Waals surface area contributed by atoms with Crippen molar-refractivity contribution in [2.75, 3.05) is 6.61 Å². The maximum atomic E-state index is 10.7. The lowest BCUT2D eigenvalue weighted by Gasteiger charge is -2.11. The first-order chi connectivity index (χ1) is 9.70. The van der Waals surface area contributed by atoms with E-state index < -0.39 is 5.97 Å². The molecule has 0 spiro atoms. The van der Waals surface area contributed by atoms with Crippen LogP contribution in [0.15, 0.2) is 42.6 Å². The number of pyridine rings is 1. The highest BCUT2D eigenvalue weighted by atomic mass is 16.5. The summed E-state index contributed by atoms with van der Waals surface area (Å²) in [5.41, 5.74) is -0.0205. The summed E-state index contributed by atoms with van der Waals surface area (Å²) in [5.74, 6) is 0.619. The van der Waals surface area contributed by atoms with Crippen LogP contribution in [0.4, 0.5) is 0 Å². The van der Waals surface area contributed by atoms with E-state index in [1.54, 1.807) is 12.1 Å². The van der Waals surface area contributed by atoms with Gasteiger partial charge in [0, 0.05) is 0 Å². The van der Waals surface area contributed by atoms with Crippen molar-refractivity contribution in [3.8, 4) is 17.2 Å². The average molecular weight is 273 g/mol. The fourth-order valence-corrected chi connectivity index (χ4v) is 1.56. The standard InChI is InChI=1S/C15H15NO4/c1-2-9-19-13-5-3-4-6-14(13)20-11-7-8-12(15(17)18)16-10-11/h3-8,10H,2,9H2,1H3,(H,17,18). The van der Waals surface area contributed by atoms with Gasteiger partial charge in [-0.2, -0.15) is 0 Å². The molecule has 1 N–H and O–H groups in total. The molecule has 0 saturated carbocycles. The monoisotopic (exact) mass is 273 g/mol. The normalized spacial score (nSPS) is 10.1. The Morgan fingerprint density at radius 2 is 1.95 bits per heavy atom. The van der Waals surface area contributed by atoms with Crippen molar-refractivity contribution < 1.29 is 19.4 Å². The van der Waals surface area contributed by atoms with E-state index in [2.05, 4.69) is 4.98 Å². The van der Waals surface area contributed by atoms with Gasteiger partial charge in [0.05, 0.1) is 12.8 Å². The summed E-state index contributed by atoms with van der Waals surface area (Å²) in [5, 5.41) is 8.78. The predicted octanol–water partition coefficient (Wildman–Crippen LogP) is 3.36. The van der Waals surface area contributed by atoms with Gasteiger partial charge >= 0.3 is 5.97 Å². The lowest BCUT2D eigenvalue weighted by atomic mass is 10.3. The molecule has 0 unspecified atom stereocenters. The number of carboxylic acid groups (broad SMARTS) is 1. The maximum absolute atomic E-state index is 10.7. The number of para-hydroxylation sites is 2. The van der Waals surface area contributed by atoms with Crippen LogP contribution in [0, 0.1) is 0 Å². The number of carboxylic acids is 1. The maximum Gasteiger partial charge on any atom is 0.354 e. The van der Waals surface area contributed by atoms with Gasteiger partial charge in [0.25, 0.3) is 0 Å². The van der Waals surface area contributed by atoms with Crippen LogP contribution < -0.4 is 9.47 Å². The Hall–Kier alpha value is -2.56. The molecule has 104 valence electrons. The summed E-state index contributed by atoms with van der Waals surface area (Å²) in [6.07, 6.45) is 2.28. The Balaban J connectivity index is 2.14. The molecule has 0 fully saturated rings. The molecule has 0 aliphatic carbocycles. The highest BCUT2D eigenvalue weighted by Crippen LogP contribution is 2.30. The zero-order valence-electron chi connectivity index (χ0n) is 11.1. The van der Waals surface area contributed by atoms with E-state index in [4.69, 9.17) is 14.6 Å². The topological polar surface area (TPSA) is 68.7 Å². The van der Waals surface area contributed by atoms with Gasteiger partial charge < -0.3 is 14.6 Å². The number of benzene rings is 1. The van der Waals surface area contributed by atoms with Crippen molar-refractivity contribution in [1.82, 2.24) is 4.98 Å². The summed E-state index contributed by atoms with van der Waals surface area (Å²) < 4.78 is 11.2. The zero-order chi connectivity index (χ0) is 14.4. The highest BCUT2D eigenvalue weighted by Gasteiger charge is 2.07. The van der Waals surface area contributed by atoms with Crippen molar-refractivity contribution in [2.45, 2.75) is 13.3 Å². The molecule has 5 heteroatoms. The number of carbonyl (C=O) groups is 1. The molecule has 1 heterocycles. The van der Waals surface area contributed by atoms with Crippen LogP contribution in [0.25, 0.3) is 0 Å². The second-order valence-electron chi connectivity index (χ2n) is 4.08. The number of ether oxygens (including phenoxy) is 2. The molecule has 0 radical (unpaired) electrons.